The third-order valence-corrected chi connectivity index (χ3v) is 3.51. The van der Waals surface area contributed by atoms with Gasteiger partial charge in [-0.1, -0.05) is 0 Å². The SMILES string of the molecule is CCOC(=O)C1CCC(C2CCNCC2)O1. The monoisotopic (exact) mass is 227 g/mol. The Morgan fingerprint density at radius 3 is 2.75 bits per heavy atom. The van der Waals surface area contributed by atoms with Crippen molar-refractivity contribution in [2.45, 2.75) is 44.8 Å². The predicted molar refractivity (Wildman–Crippen MR) is 60.1 cm³/mol. The Kier molecular flexibility index (Phi) is 4.18. The van der Waals surface area contributed by atoms with Crippen LogP contribution in [0.15, 0.2) is 0 Å². The second-order valence-electron chi connectivity index (χ2n) is 4.58. The number of hydrogen-bond acceptors (Lipinski definition) is 4. The fourth-order valence-corrected chi connectivity index (χ4v) is 2.63. The summed E-state index contributed by atoms with van der Waals surface area (Å²) in [6.45, 7) is 4.43. The number of piperidine rings is 1. The smallest absolute Gasteiger partial charge is 0.335 e. The fourth-order valence-electron chi connectivity index (χ4n) is 2.63. The highest BCUT2D eigenvalue weighted by molar-refractivity contribution is 5.74. The molecule has 0 bridgehead atoms. The van der Waals surface area contributed by atoms with Crippen LogP contribution in [0.3, 0.4) is 0 Å². The van der Waals surface area contributed by atoms with E-state index in [4.69, 9.17) is 9.47 Å². The molecular formula is C12H21NO3. The lowest BCUT2D eigenvalue weighted by Gasteiger charge is -2.27. The van der Waals surface area contributed by atoms with Crippen molar-refractivity contribution in [1.29, 1.82) is 0 Å². The van der Waals surface area contributed by atoms with Gasteiger partial charge in [0.2, 0.25) is 0 Å². The summed E-state index contributed by atoms with van der Waals surface area (Å²) in [4.78, 5) is 11.5. The molecule has 92 valence electrons. The van der Waals surface area contributed by atoms with Gasteiger partial charge in [0.25, 0.3) is 0 Å². The van der Waals surface area contributed by atoms with Crippen LogP contribution in [0.25, 0.3) is 0 Å². The van der Waals surface area contributed by atoms with Gasteiger partial charge in [0.15, 0.2) is 6.10 Å². The summed E-state index contributed by atoms with van der Waals surface area (Å²) in [5.41, 5.74) is 0. The molecule has 0 aromatic rings. The minimum absolute atomic E-state index is 0.182. The van der Waals surface area contributed by atoms with Crippen molar-refractivity contribution in [3.05, 3.63) is 0 Å². The third-order valence-electron chi connectivity index (χ3n) is 3.51. The molecule has 0 aromatic heterocycles. The average Bonchev–Trinajstić information content (AvgIpc) is 2.80. The summed E-state index contributed by atoms with van der Waals surface area (Å²) in [5, 5.41) is 3.35. The van der Waals surface area contributed by atoms with E-state index in [1.54, 1.807) is 0 Å². The van der Waals surface area contributed by atoms with E-state index in [1.165, 1.54) is 12.8 Å². The van der Waals surface area contributed by atoms with E-state index in [9.17, 15) is 4.79 Å². The van der Waals surface area contributed by atoms with Gasteiger partial charge in [0.1, 0.15) is 0 Å². The zero-order chi connectivity index (χ0) is 11.4. The maximum Gasteiger partial charge on any atom is 0.335 e. The van der Waals surface area contributed by atoms with E-state index in [-0.39, 0.29) is 18.2 Å². The largest absolute Gasteiger partial charge is 0.464 e. The van der Waals surface area contributed by atoms with Crippen molar-refractivity contribution in [3.63, 3.8) is 0 Å². The molecular weight excluding hydrogens is 206 g/mol. The Balaban J connectivity index is 1.80. The molecule has 1 N–H and O–H groups in total. The van der Waals surface area contributed by atoms with E-state index in [2.05, 4.69) is 5.32 Å². The number of rotatable bonds is 3. The van der Waals surface area contributed by atoms with E-state index >= 15 is 0 Å². The standard InChI is InChI=1S/C12H21NO3/c1-2-15-12(14)11-4-3-10(16-11)9-5-7-13-8-6-9/h9-11,13H,2-8H2,1H3. The number of esters is 1. The molecule has 2 rings (SSSR count). The van der Waals surface area contributed by atoms with Crippen molar-refractivity contribution >= 4 is 5.97 Å². The first kappa shape index (κ1) is 11.9. The first-order chi connectivity index (χ1) is 7.81. The lowest BCUT2D eigenvalue weighted by atomic mass is 9.91. The number of carbonyl (C=O) groups is 1. The van der Waals surface area contributed by atoms with Gasteiger partial charge in [-0.15, -0.1) is 0 Å². The molecule has 16 heavy (non-hydrogen) atoms. The Bertz CT molecular complexity index is 238. The van der Waals surface area contributed by atoms with Crippen LogP contribution in [0.5, 0.6) is 0 Å². The maximum atomic E-state index is 11.5. The topological polar surface area (TPSA) is 47.6 Å². The highest BCUT2D eigenvalue weighted by Crippen LogP contribution is 2.30. The summed E-state index contributed by atoms with van der Waals surface area (Å²) >= 11 is 0. The average molecular weight is 227 g/mol. The summed E-state index contributed by atoms with van der Waals surface area (Å²) < 4.78 is 10.8. The van der Waals surface area contributed by atoms with Crippen LogP contribution in [0.1, 0.15) is 32.6 Å². The highest BCUT2D eigenvalue weighted by atomic mass is 16.6. The number of hydrogen-bond donors (Lipinski definition) is 1. The molecule has 0 saturated carbocycles. The molecule has 2 aliphatic rings. The molecule has 2 atom stereocenters. The van der Waals surface area contributed by atoms with Crippen molar-refractivity contribution in [1.82, 2.24) is 5.32 Å². The summed E-state index contributed by atoms with van der Waals surface area (Å²) in [7, 11) is 0. The summed E-state index contributed by atoms with van der Waals surface area (Å²) in [5.74, 6) is 0.444. The van der Waals surface area contributed by atoms with Crippen LogP contribution in [0, 0.1) is 5.92 Å². The first-order valence-electron chi connectivity index (χ1n) is 6.34. The first-order valence-corrected chi connectivity index (χ1v) is 6.34. The van der Waals surface area contributed by atoms with Crippen molar-refractivity contribution in [3.8, 4) is 0 Å². The molecule has 0 amide bonds. The van der Waals surface area contributed by atoms with E-state index in [0.29, 0.717) is 12.5 Å². The zero-order valence-corrected chi connectivity index (χ0v) is 9.91. The molecule has 2 fully saturated rings. The quantitative estimate of drug-likeness (QED) is 0.733. The van der Waals surface area contributed by atoms with Gasteiger partial charge < -0.3 is 14.8 Å². The number of ether oxygens (including phenoxy) is 2. The van der Waals surface area contributed by atoms with Crippen LogP contribution < -0.4 is 5.32 Å². The second kappa shape index (κ2) is 5.64. The van der Waals surface area contributed by atoms with Gasteiger partial charge in [-0.2, -0.15) is 0 Å². The highest BCUT2D eigenvalue weighted by Gasteiger charge is 2.36. The minimum Gasteiger partial charge on any atom is -0.464 e. The molecule has 2 aliphatic heterocycles. The second-order valence-corrected chi connectivity index (χ2v) is 4.58. The Labute approximate surface area is 96.7 Å². The number of nitrogens with one attached hydrogen (secondary N) is 1. The number of carbonyl (C=O) groups excluding carboxylic acids is 1. The van der Waals surface area contributed by atoms with Crippen LogP contribution in [-0.2, 0) is 14.3 Å². The van der Waals surface area contributed by atoms with Gasteiger partial charge in [-0.05, 0) is 51.6 Å². The molecule has 0 spiro atoms. The van der Waals surface area contributed by atoms with E-state index in [1.807, 2.05) is 6.92 Å². The molecule has 2 heterocycles. The minimum atomic E-state index is -0.306. The van der Waals surface area contributed by atoms with Crippen molar-refractivity contribution in [2.75, 3.05) is 19.7 Å². The van der Waals surface area contributed by atoms with E-state index in [0.717, 1.165) is 25.9 Å². The van der Waals surface area contributed by atoms with Crippen LogP contribution in [0.4, 0.5) is 0 Å². The van der Waals surface area contributed by atoms with Gasteiger partial charge in [-0.25, -0.2) is 4.79 Å². The molecule has 2 unspecified atom stereocenters. The normalized spacial score (nSPS) is 31.6. The fraction of sp³-hybridized carbons (Fsp3) is 0.917. The van der Waals surface area contributed by atoms with Gasteiger partial charge in [0, 0.05) is 0 Å². The molecule has 0 aliphatic carbocycles. The van der Waals surface area contributed by atoms with Crippen LogP contribution in [-0.4, -0.2) is 37.9 Å². The predicted octanol–water partition coefficient (Wildman–Crippen LogP) is 1.10. The molecule has 4 heteroatoms. The zero-order valence-electron chi connectivity index (χ0n) is 9.91. The van der Waals surface area contributed by atoms with Crippen LogP contribution in [0.2, 0.25) is 0 Å². The van der Waals surface area contributed by atoms with Gasteiger partial charge in [-0.3, -0.25) is 0 Å². The third kappa shape index (κ3) is 2.74. The lowest BCUT2D eigenvalue weighted by Crippen LogP contribution is -2.35. The Morgan fingerprint density at radius 1 is 1.31 bits per heavy atom. The van der Waals surface area contributed by atoms with Crippen LogP contribution >= 0.6 is 0 Å². The maximum absolute atomic E-state index is 11.5. The lowest BCUT2D eigenvalue weighted by molar-refractivity contribution is -0.157. The summed E-state index contributed by atoms with van der Waals surface area (Å²) in [6, 6.07) is 0. The van der Waals surface area contributed by atoms with Crippen molar-refractivity contribution in [2.24, 2.45) is 5.92 Å². The van der Waals surface area contributed by atoms with Gasteiger partial charge >= 0.3 is 5.97 Å². The van der Waals surface area contributed by atoms with Crippen molar-refractivity contribution < 1.29 is 14.3 Å². The van der Waals surface area contributed by atoms with Gasteiger partial charge in [0.05, 0.1) is 12.7 Å². The summed E-state index contributed by atoms with van der Waals surface area (Å²) in [6.07, 6.45) is 4.14. The Morgan fingerprint density at radius 2 is 2.06 bits per heavy atom. The Hall–Kier alpha value is -0.610. The molecule has 0 radical (unpaired) electrons. The van der Waals surface area contributed by atoms with E-state index < -0.39 is 0 Å². The molecule has 0 aromatic carbocycles. The molecule has 2 saturated heterocycles. The molecule has 4 nitrogen and oxygen atoms in total.